The van der Waals surface area contributed by atoms with E-state index in [9.17, 15) is 9.59 Å². The van der Waals surface area contributed by atoms with Crippen molar-refractivity contribution >= 4 is 17.5 Å². The lowest BCUT2D eigenvalue weighted by Gasteiger charge is -2.37. The van der Waals surface area contributed by atoms with Crippen LogP contribution >= 0.6 is 0 Å². The van der Waals surface area contributed by atoms with Crippen LogP contribution in [0.3, 0.4) is 0 Å². The summed E-state index contributed by atoms with van der Waals surface area (Å²) >= 11 is 0. The highest BCUT2D eigenvalue weighted by atomic mass is 16.5. The van der Waals surface area contributed by atoms with Crippen LogP contribution in [0.4, 0.5) is 5.69 Å². The lowest BCUT2D eigenvalue weighted by atomic mass is 10.1. The minimum absolute atomic E-state index is 0.0989. The Labute approximate surface area is 154 Å². The zero-order chi connectivity index (χ0) is 17.9. The van der Waals surface area contributed by atoms with Crippen molar-refractivity contribution in [2.24, 2.45) is 5.92 Å². The van der Waals surface area contributed by atoms with E-state index < -0.39 is 0 Å². The Kier molecular flexibility index (Phi) is 5.11. The van der Waals surface area contributed by atoms with Gasteiger partial charge < -0.3 is 19.4 Å². The molecule has 0 N–H and O–H groups in total. The van der Waals surface area contributed by atoms with E-state index >= 15 is 0 Å². The molecule has 6 nitrogen and oxygen atoms in total. The van der Waals surface area contributed by atoms with Crippen LogP contribution in [0.15, 0.2) is 30.3 Å². The number of carbonyl (C=O) groups excluding carboxylic acids is 2. The lowest BCUT2D eigenvalue weighted by molar-refractivity contribution is -0.136. The molecular formula is C20H27N3O3. The minimum atomic E-state index is -0.188. The second-order valence-electron chi connectivity index (χ2n) is 7.48. The number of hydrogen-bond donors (Lipinski definition) is 0. The lowest BCUT2D eigenvalue weighted by Crippen LogP contribution is -2.50. The molecule has 0 bridgehead atoms. The van der Waals surface area contributed by atoms with Crippen LogP contribution in [-0.2, 0) is 14.3 Å². The van der Waals surface area contributed by atoms with Crippen molar-refractivity contribution in [2.45, 2.75) is 25.4 Å². The molecule has 0 radical (unpaired) electrons. The third-order valence-electron chi connectivity index (χ3n) is 5.72. The van der Waals surface area contributed by atoms with Crippen LogP contribution in [0.25, 0.3) is 0 Å². The fourth-order valence-electron chi connectivity index (χ4n) is 4.23. The molecule has 3 saturated heterocycles. The average molecular weight is 357 g/mol. The van der Waals surface area contributed by atoms with Crippen LogP contribution in [0.2, 0.25) is 0 Å². The first-order chi connectivity index (χ1) is 12.7. The molecule has 6 heteroatoms. The molecule has 3 fully saturated rings. The second kappa shape index (κ2) is 7.66. The Balaban J connectivity index is 1.29. The highest BCUT2D eigenvalue weighted by Gasteiger charge is 2.38. The molecule has 1 aromatic carbocycles. The van der Waals surface area contributed by atoms with Gasteiger partial charge in [-0.2, -0.15) is 0 Å². The van der Waals surface area contributed by atoms with Crippen molar-refractivity contribution < 1.29 is 14.3 Å². The first kappa shape index (κ1) is 17.3. The van der Waals surface area contributed by atoms with Gasteiger partial charge in [-0.1, -0.05) is 18.2 Å². The molecule has 3 heterocycles. The first-order valence-electron chi connectivity index (χ1n) is 9.69. The number of amides is 2. The van der Waals surface area contributed by atoms with Gasteiger partial charge in [0.1, 0.15) is 0 Å². The number of piperazine rings is 1. The maximum Gasteiger partial charge on any atom is 0.228 e. The summed E-state index contributed by atoms with van der Waals surface area (Å²) < 4.78 is 5.63. The topological polar surface area (TPSA) is 53.1 Å². The molecule has 3 aliphatic heterocycles. The number of benzene rings is 1. The summed E-state index contributed by atoms with van der Waals surface area (Å²) in [5.74, 6) is 0.0508. The highest BCUT2D eigenvalue weighted by Crippen LogP contribution is 2.24. The fraction of sp³-hybridized carbons (Fsp3) is 0.600. The van der Waals surface area contributed by atoms with E-state index in [1.165, 1.54) is 5.69 Å². The fourth-order valence-corrected chi connectivity index (χ4v) is 4.23. The van der Waals surface area contributed by atoms with Crippen LogP contribution in [0.5, 0.6) is 0 Å². The predicted octanol–water partition coefficient (Wildman–Crippen LogP) is 1.36. The van der Waals surface area contributed by atoms with Gasteiger partial charge in [0.15, 0.2) is 0 Å². The maximum absolute atomic E-state index is 12.9. The van der Waals surface area contributed by atoms with E-state index in [0.717, 1.165) is 45.6 Å². The van der Waals surface area contributed by atoms with Crippen molar-refractivity contribution in [3.05, 3.63) is 30.3 Å². The second-order valence-corrected chi connectivity index (χ2v) is 7.48. The molecule has 4 rings (SSSR count). The maximum atomic E-state index is 12.9. The molecule has 0 aromatic heterocycles. The molecule has 26 heavy (non-hydrogen) atoms. The summed E-state index contributed by atoms with van der Waals surface area (Å²) in [7, 11) is 0. The molecule has 0 saturated carbocycles. The van der Waals surface area contributed by atoms with Gasteiger partial charge in [0.2, 0.25) is 11.8 Å². The quantitative estimate of drug-likeness (QED) is 0.817. The van der Waals surface area contributed by atoms with E-state index in [1.807, 2.05) is 28.0 Å². The molecular weight excluding hydrogens is 330 g/mol. The van der Waals surface area contributed by atoms with Gasteiger partial charge >= 0.3 is 0 Å². The SMILES string of the molecule is O=C1CC(C(=O)N2CCN(c3ccccc3)CC2)CN1CC1CCCO1. The summed E-state index contributed by atoms with van der Waals surface area (Å²) in [5, 5.41) is 0. The summed E-state index contributed by atoms with van der Waals surface area (Å²) in [6.07, 6.45) is 2.59. The predicted molar refractivity (Wildman–Crippen MR) is 98.9 cm³/mol. The van der Waals surface area contributed by atoms with E-state index in [4.69, 9.17) is 4.74 Å². The van der Waals surface area contributed by atoms with Crippen LogP contribution in [0, 0.1) is 5.92 Å². The third-order valence-corrected chi connectivity index (χ3v) is 5.72. The number of hydrogen-bond acceptors (Lipinski definition) is 4. The number of nitrogens with zero attached hydrogens (tertiary/aromatic N) is 3. The summed E-state index contributed by atoms with van der Waals surface area (Å²) in [6, 6.07) is 10.3. The van der Waals surface area contributed by atoms with Crippen LogP contribution in [0.1, 0.15) is 19.3 Å². The molecule has 0 aliphatic carbocycles. The Hall–Kier alpha value is -2.08. The van der Waals surface area contributed by atoms with E-state index in [0.29, 0.717) is 19.5 Å². The summed E-state index contributed by atoms with van der Waals surface area (Å²) in [4.78, 5) is 31.2. The first-order valence-corrected chi connectivity index (χ1v) is 9.69. The number of anilines is 1. The highest BCUT2D eigenvalue weighted by molar-refractivity contribution is 5.89. The number of likely N-dealkylation sites (tertiary alicyclic amines) is 1. The standard InChI is InChI=1S/C20H27N3O3/c24-19-13-16(14-23(19)15-18-7-4-12-26-18)20(25)22-10-8-21(9-11-22)17-5-2-1-3-6-17/h1-3,5-6,16,18H,4,7-15H2. The number of ether oxygens (including phenoxy) is 1. The molecule has 3 aliphatic rings. The normalized spacial score (nSPS) is 26.6. The zero-order valence-corrected chi connectivity index (χ0v) is 15.2. The molecule has 0 spiro atoms. The number of rotatable bonds is 4. The Morgan fingerprint density at radius 2 is 1.88 bits per heavy atom. The molecule has 140 valence electrons. The summed E-state index contributed by atoms with van der Waals surface area (Å²) in [5.41, 5.74) is 1.21. The van der Waals surface area contributed by atoms with Gasteiger partial charge in [-0.05, 0) is 25.0 Å². The Morgan fingerprint density at radius 3 is 2.58 bits per heavy atom. The Morgan fingerprint density at radius 1 is 1.12 bits per heavy atom. The van der Waals surface area contributed by atoms with Crippen molar-refractivity contribution in [3.63, 3.8) is 0 Å². The van der Waals surface area contributed by atoms with Crippen molar-refractivity contribution in [2.75, 3.05) is 50.8 Å². The minimum Gasteiger partial charge on any atom is -0.376 e. The molecule has 2 unspecified atom stereocenters. The van der Waals surface area contributed by atoms with Crippen molar-refractivity contribution in [1.82, 2.24) is 9.80 Å². The van der Waals surface area contributed by atoms with Crippen molar-refractivity contribution in [1.29, 1.82) is 0 Å². The number of carbonyl (C=O) groups is 2. The van der Waals surface area contributed by atoms with Gasteiger partial charge in [-0.25, -0.2) is 0 Å². The van der Waals surface area contributed by atoms with Crippen molar-refractivity contribution in [3.8, 4) is 0 Å². The Bertz CT molecular complexity index is 637. The van der Waals surface area contributed by atoms with Gasteiger partial charge in [0.05, 0.1) is 12.0 Å². The van der Waals surface area contributed by atoms with Gasteiger partial charge in [0, 0.05) is 58.0 Å². The van der Waals surface area contributed by atoms with Gasteiger partial charge in [-0.3, -0.25) is 9.59 Å². The zero-order valence-electron chi connectivity index (χ0n) is 15.2. The number of para-hydroxylation sites is 1. The molecule has 2 amide bonds. The van der Waals surface area contributed by atoms with Crippen LogP contribution < -0.4 is 4.90 Å². The van der Waals surface area contributed by atoms with Gasteiger partial charge in [0.25, 0.3) is 0 Å². The van der Waals surface area contributed by atoms with E-state index in [2.05, 4.69) is 17.0 Å². The molecule has 2 atom stereocenters. The third kappa shape index (κ3) is 3.70. The smallest absolute Gasteiger partial charge is 0.228 e. The average Bonchev–Trinajstić information content (AvgIpc) is 3.32. The summed E-state index contributed by atoms with van der Waals surface area (Å²) in [6.45, 7) is 5.13. The van der Waals surface area contributed by atoms with Crippen LogP contribution in [-0.4, -0.2) is 73.6 Å². The largest absolute Gasteiger partial charge is 0.376 e. The monoisotopic (exact) mass is 357 g/mol. The van der Waals surface area contributed by atoms with E-state index in [1.54, 1.807) is 0 Å². The molecule has 1 aromatic rings. The van der Waals surface area contributed by atoms with Gasteiger partial charge in [-0.15, -0.1) is 0 Å². The van der Waals surface area contributed by atoms with E-state index in [-0.39, 0.29) is 23.8 Å².